The highest BCUT2D eigenvalue weighted by Gasteiger charge is 2.53. The molecule has 0 bridgehead atoms. The van der Waals surface area contributed by atoms with E-state index in [2.05, 4.69) is 25.4 Å². The minimum atomic E-state index is -1.09. The number of anilines is 1. The molecule has 0 fully saturated rings. The van der Waals surface area contributed by atoms with E-state index in [1.165, 1.54) is 0 Å². The highest BCUT2D eigenvalue weighted by Crippen LogP contribution is 2.42. The first-order valence-corrected chi connectivity index (χ1v) is 10.6. The van der Waals surface area contributed by atoms with Crippen LogP contribution in [-0.2, 0) is 5.72 Å². The SMILES string of the molecule is COc1ccc(OC)c(N2C[C@](O)(c3ccc(Br)cc3)[N+]3=C2SCCC3)c1. The molecule has 0 radical (unpaired) electrons. The predicted octanol–water partition coefficient (Wildman–Crippen LogP) is 3.64. The Balaban J connectivity index is 1.82. The topological polar surface area (TPSA) is 44.9 Å². The summed E-state index contributed by atoms with van der Waals surface area (Å²) in [6.07, 6.45) is 1.04. The van der Waals surface area contributed by atoms with Gasteiger partial charge >= 0.3 is 5.17 Å². The van der Waals surface area contributed by atoms with Gasteiger partial charge in [-0.05, 0) is 42.4 Å². The molecule has 0 aliphatic carbocycles. The van der Waals surface area contributed by atoms with Crippen molar-refractivity contribution in [3.05, 3.63) is 52.5 Å². The van der Waals surface area contributed by atoms with Crippen molar-refractivity contribution >= 4 is 38.5 Å². The molecule has 142 valence electrons. The van der Waals surface area contributed by atoms with E-state index in [1.54, 1.807) is 26.0 Å². The Kier molecular flexibility index (Phi) is 5.09. The third-order valence-corrected chi connectivity index (χ3v) is 6.75. The third kappa shape index (κ3) is 3.22. The number of thioether (sulfide) groups is 1. The summed E-state index contributed by atoms with van der Waals surface area (Å²) in [6.45, 7) is 1.25. The molecular formula is C20H22BrN2O3S+. The fourth-order valence-electron chi connectivity index (χ4n) is 3.66. The third-order valence-electron chi connectivity index (χ3n) is 5.03. The summed E-state index contributed by atoms with van der Waals surface area (Å²) in [4.78, 5) is 2.15. The van der Waals surface area contributed by atoms with Crippen LogP contribution >= 0.6 is 27.7 Å². The smallest absolute Gasteiger partial charge is 0.316 e. The zero-order chi connectivity index (χ0) is 19.0. The van der Waals surface area contributed by atoms with Gasteiger partial charge < -0.3 is 14.6 Å². The largest absolute Gasteiger partial charge is 0.497 e. The van der Waals surface area contributed by atoms with Gasteiger partial charge in [-0.15, -0.1) is 0 Å². The molecule has 0 saturated carbocycles. The van der Waals surface area contributed by atoms with E-state index in [0.717, 1.165) is 51.1 Å². The molecule has 0 amide bonds. The molecule has 2 heterocycles. The van der Waals surface area contributed by atoms with Crippen molar-refractivity contribution in [3.8, 4) is 11.5 Å². The summed E-state index contributed by atoms with van der Waals surface area (Å²) in [6, 6.07) is 13.7. The summed E-state index contributed by atoms with van der Waals surface area (Å²) in [5, 5.41) is 12.8. The molecule has 1 N–H and O–H groups in total. The summed E-state index contributed by atoms with van der Waals surface area (Å²) >= 11 is 5.25. The van der Waals surface area contributed by atoms with Gasteiger partial charge in [0.15, 0.2) is 18.0 Å². The van der Waals surface area contributed by atoms with Crippen LogP contribution in [0.3, 0.4) is 0 Å². The maximum absolute atomic E-state index is 11.7. The zero-order valence-corrected chi connectivity index (χ0v) is 17.7. The fourth-order valence-corrected chi connectivity index (χ4v) is 5.10. The van der Waals surface area contributed by atoms with Crippen molar-refractivity contribution in [2.45, 2.75) is 12.1 Å². The van der Waals surface area contributed by atoms with Gasteiger partial charge in [0.1, 0.15) is 5.75 Å². The minimum Gasteiger partial charge on any atom is -0.497 e. The van der Waals surface area contributed by atoms with Gasteiger partial charge in [0.25, 0.3) is 5.72 Å². The van der Waals surface area contributed by atoms with Gasteiger partial charge in [0.05, 0.1) is 20.8 Å². The first-order valence-electron chi connectivity index (χ1n) is 8.82. The highest BCUT2D eigenvalue weighted by atomic mass is 79.9. The Labute approximate surface area is 171 Å². The zero-order valence-electron chi connectivity index (χ0n) is 15.3. The van der Waals surface area contributed by atoms with E-state index in [-0.39, 0.29) is 0 Å². The molecular weight excluding hydrogens is 428 g/mol. The van der Waals surface area contributed by atoms with Crippen LogP contribution < -0.4 is 14.4 Å². The molecule has 7 heteroatoms. The Morgan fingerprint density at radius 3 is 2.63 bits per heavy atom. The molecule has 0 saturated heterocycles. The van der Waals surface area contributed by atoms with Crippen LogP contribution in [0.2, 0.25) is 0 Å². The Bertz CT molecular complexity index is 887. The number of benzene rings is 2. The Hall–Kier alpha value is -1.70. The van der Waals surface area contributed by atoms with Gasteiger partial charge in [-0.1, -0.05) is 28.1 Å². The fraction of sp³-hybridized carbons (Fsp3) is 0.350. The lowest BCUT2D eigenvalue weighted by Gasteiger charge is -2.24. The van der Waals surface area contributed by atoms with E-state index in [4.69, 9.17) is 9.47 Å². The quantitative estimate of drug-likeness (QED) is 0.721. The number of hydrogen-bond donors (Lipinski definition) is 1. The standard InChI is InChI=1S/C20H22BrN2O3S/c1-25-16-8-9-18(26-2)17(12-16)22-13-20(24,14-4-6-15(21)7-5-14)23-10-3-11-27-19(22)23/h4-9,12,24H,3,10-11,13H2,1-2H3/q+1/t20-/m0/s1. The minimum absolute atomic E-state index is 0.431. The monoisotopic (exact) mass is 449 g/mol. The molecule has 0 unspecified atom stereocenters. The summed E-state index contributed by atoms with van der Waals surface area (Å²) in [7, 11) is 3.32. The van der Waals surface area contributed by atoms with Crippen LogP contribution in [0, 0.1) is 0 Å². The lowest BCUT2D eigenvalue weighted by molar-refractivity contribution is -0.656. The number of halogens is 1. The van der Waals surface area contributed by atoms with Crippen LogP contribution in [0.4, 0.5) is 5.69 Å². The average Bonchev–Trinajstić information content (AvgIpc) is 3.02. The molecule has 27 heavy (non-hydrogen) atoms. The van der Waals surface area contributed by atoms with Crippen molar-refractivity contribution in [2.75, 3.05) is 38.0 Å². The molecule has 4 rings (SSSR count). The summed E-state index contributed by atoms with van der Waals surface area (Å²) in [5.41, 5.74) is 0.701. The number of hydrogen-bond acceptors (Lipinski definition) is 5. The summed E-state index contributed by atoms with van der Waals surface area (Å²) in [5.74, 6) is 2.55. The normalized spacial score (nSPS) is 22.0. The molecule has 5 nitrogen and oxygen atoms in total. The van der Waals surface area contributed by atoms with E-state index in [0.29, 0.717) is 6.54 Å². The van der Waals surface area contributed by atoms with Gasteiger partial charge in [-0.3, -0.25) is 0 Å². The maximum atomic E-state index is 11.7. The first kappa shape index (κ1) is 18.7. The number of β-amino-alcohol motifs (C(OH)–C–C–N with tert-alkyl or cyclic N) is 1. The number of nitrogens with zero attached hydrogens (tertiary/aromatic N) is 2. The lowest BCUT2D eigenvalue weighted by atomic mass is 10.0. The second kappa shape index (κ2) is 7.37. The average molecular weight is 450 g/mol. The van der Waals surface area contributed by atoms with E-state index in [1.807, 2.05) is 42.5 Å². The number of methoxy groups -OCH3 is 2. The molecule has 0 spiro atoms. The van der Waals surface area contributed by atoms with E-state index >= 15 is 0 Å². The van der Waals surface area contributed by atoms with Crippen LogP contribution in [0.1, 0.15) is 12.0 Å². The molecule has 2 aliphatic heterocycles. The maximum Gasteiger partial charge on any atom is 0.316 e. The number of amidine groups is 1. The number of rotatable bonds is 4. The first-order chi connectivity index (χ1) is 13.1. The molecule has 2 aromatic rings. The highest BCUT2D eigenvalue weighted by molar-refractivity contribution is 9.10. The predicted molar refractivity (Wildman–Crippen MR) is 112 cm³/mol. The van der Waals surface area contributed by atoms with Gasteiger partial charge in [0.2, 0.25) is 0 Å². The van der Waals surface area contributed by atoms with E-state index in [9.17, 15) is 5.11 Å². The second-order valence-electron chi connectivity index (χ2n) is 6.58. The second-order valence-corrected chi connectivity index (χ2v) is 8.56. The summed E-state index contributed by atoms with van der Waals surface area (Å²) < 4.78 is 14.1. The molecule has 2 aliphatic rings. The van der Waals surface area contributed by atoms with Crippen LogP contribution in [-0.4, -0.2) is 47.9 Å². The van der Waals surface area contributed by atoms with Crippen LogP contribution in [0.25, 0.3) is 0 Å². The lowest BCUT2D eigenvalue weighted by Crippen LogP contribution is -2.41. The Morgan fingerprint density at radius 1 is 1.15 bits per heavy atom. The van der Waals surface area contributed by atoms with Crippen molar-refractivity contribution < 1.29 is 19.2 Å². The molecule has 0 aromatic heterocycles. The van der Waals surface area contributed by atoms with Gasteiger partial charge in [-0.2, -0.15) is 0 Å². The van der Waals surface area contributed by atoms with Crippen LogP contribution in [0.5, 0.6) is 11.5 Å². The van der Waals surface area contributed by atoms with Crippen molar-refractivity contribution in [1.29, 1.82) is 0 Å². The van der Waals surface area contributed by atoms with Crippen LogP contribution in [0.15, 0.2) is 46.9 Å². The van der Waals surface area contributed by atoms with Crippen molar-refractivity contribution in [2.24, 2.45) is 0 Å². The van der Waals surface area contributed by atoms with Crippen molar-refractivity contribution in [1.82, 2.24) is 0 Å². The number of aliphatic hydroxyl groups is 1. The number of ether oxygens (including phenoxy) is 2. The van der Waals surface area contributed by atoms with E-state index < -0.39 is 5.72 Å². The van der Waals surface area contributed by atoms with Gasteiger partial charge in [0, 0.05) is 21.9 Å². The molecule has 1 atom stereocenters. The van der Waals surface area contributed by atoms with Crippen molar-refractivity contribution in [3.63, 3.8) is 0 Å². The Morgan fingerprint density at radius 2 is 1.93 bits per heavy atom. The molecule has 2 aromatic carbocycles. The van der Waals surface area contributed by atoms with Gasteiger partial charge in [-0.25, -0.2) is 9.48 Å².